The van der Waals surface area contributed by atoms with E-state index in [-0.39, 0.29) is 5.78 Å². The van der Waals surface area contributed by atoms with E-state index in [1.807, 2.05) is 36.1 Å². The molecule has 1 unspecified atom stereocenters. The Morgan fingerprint density at radius 3 is 2.94 bits per heavy atom. The van der Waals surface area contributed by atoms with Crippen LogP contribution in [0.1, 0.15) is 23.7 Å². The number of likely N-dealkylation sites (tertiary alicyclic amines) is 1. The highest BCUT2D eigenvalue weighted by molar-refractivity contribution is 9.10. The number of β-amino-alcohol motifs (C(OH)–C–C–N with tert-alkyl or cyclic N) is 1. The lowest BCUT2D eigenvalue weighted by Crippen LogP contribution is -2.33. The molecule has 0 aromatic heterocycles. The first-order valence-corrected chi connectivity index (χ1v) is 6.49. The zero-order chi connectivity index (χ0) is 12.5. The van der Waals surface area contributed by atoms with Gasteiger partial charge in [0.05, 0.1) is 12.1 Å². The first-order chi connectivity index (χ1) is 7.96. The van der Waals surface area contributed by atoms with Crippen molar-refractivity contribution in [3.05, 3.63) is 34.3 Å². The lowest BCUT2D eigenvalue weighted by Gasteiger charge is -2.18. The Kier molecular flexibility index (Phi) is 3.66. The topological polar surface area (TPSA) is 40.5 Å². The molecular formula is C13H16BrNO2. The van der Waals surface area contributed by atoms with Crippen molar-refractivity contribution < 1.29 is 9.90 Å². The summed E-state index contributed by atoms with van der Waals surface area (Å²) in [7, 11) is 0. The number of hydrogen-bond donors (Lipinski definition) is 1. The van der Waals surface area contributed by atoms with Crippen molar-refractivity contribution in [3.8, 4) is 0 Å². The SMILES string of the molecule is CC1(O)CCN(CC(=O)c2cccc(Br)c2)C1. The third kappa shape index (κ3) is 3.37. The molecular weight excluding hydrogens is 282 g/mol. The lowest BCUT2D eigenvalue weighted by atomic mass is 10.1. The number of nitrogens with zero attached hydrogens (tertiary/aromatic N) is 1. The molecule has 1 aliphatic rings. The Morgan fingerprint density at radius 2 is 2.35 bits per heavy atom. The Bertz CT molecular complexity index is 431. The van der Waals surface area contributed by atoms with Crippen LogP contribution in [0.5, 0.6) is 0 Å². The van der Waals surface area contributed by atoms with E-state index in [0.717, 1.165) is 17.4 Å². The summed E-state index contributed by atoms with van der Waals surface area (Å²) in [5.74, 6) is 0.101. The molecule has 4 heteroatoms. The number of ketones is 1. The van der Waals surface area contributed by atoms with Crippen LogP contribution in [-0.4, -0.2) is 41.0 Å². The van der Waals surface area contributed by atoms with E-state index in [1.165, 1.54) is 0 Å². The molecule has 3 nitrogen and oxygen atoms in total. The maximum absolute atomic E-state index is 12.0. The van der Waals surface area contributed by atoms with Crippen LogP contribution in [0.15, 0.2) is 28.7 Å². The van der Waals surface area contributed by atoms with E-state index >= 15 is 0 Å². The highest BCUT2D eigenvalue weighted by atomic mass is 79.9. The second-order valence-corrected chi connectivity index (χ2v) is 5.81. The first-order valence-electron chi connectivity index (χ1n) is 5.70. The Balaban J connectivity index is 1.98. The van der Waals surface area contributed by atoms with Crippen LogP contribution in [-0.2, 0) is 0 Å². The molecule has 0 radical (unpaired) electrons. The van der Waals surface area contributed by atoms with Gasteiger partial charge in [-0.1, -0.05) is 28.1 Å². The van der Waals surface area contributed by atoms with Crippen LogP contribution in [0, 0.1) is 0 Å². The monoisotopic (exact) mass is 297 g/mol. The lowest BCUT2D eigenvalue weighted by molar-refractivity contribution is 0.0669. The minimum absolute atomic E-state index is 0.101. The summed E-state index contributed by atoms with van der Waals surface area (Å²) in [4.78, 5) is 14.0. The fourth-order valence-electron chi connectivity index (χ4n) is 2.13. The summed E-state index contributed by atoms with van der Waals surface area (Å²) in [6.07, 6.45) is 0.735. The summed E-state index contributed by atoms with van der Waals surface area (Å²) < 4.78 is 0.914. The van der Waals surface area contributed by atoms with Gasteiger partial charge in [-0.25, -0.2) is 0 Å². The first kappa shape index (κ1) is 12.7. The zero-order valence-electron chi connectivity index (χ0n) is 9.82. The van der Waals surface area contributed by atoms with Crippen molar-refractivity contribution in [2.24, 2.45) is 0 Å². The van der Waals surface area contributed by atoms with Crippen LogP contribution in [0.25, 0.3) is 0 Å². The third-order valence-corrected chi connectivity index (χ3v) is 3.54. The molecule has 92 valence electrons. The van der Waals surface area contributed by atoms with Crippen LogP contribution >= 0.6 is 15.9 Å². The van der Waals surface area contributed by atoms with Crippen molar-refractivity contribution >= 4 is 21.7 Å². The number of benzene rings is 1. The predicted molar refractivity (Wildman–Crippen MR) is 70.2 cm³/mol. The normalized spacial score (nSPS) is 25.1. The standard InChI is InChI=1S/C13H16BrNO2/c1-13(17)5-6-15(9-13)8-12(16)10-3-2-4-11(14)7-10/h2-4,7,17H,5-6,8-9H2,1H3. The fraction of sp³-hybridized carbons (Fsp3) is 0.462. The van der Waals surface area contributed by atoms with Gasteiger partial charge < -0.3 is 5.11 Å². The molecule has 1 heterocycles. The largest absolute Gasteiger partial charge is 0.389 e. The zero-order valence-corrected chi connectivity index (χ0v) is 11.4. The molecule has 0 spiro atoms. The van der Waals surface area contributed by atoms with Gasteiger partial charge in [0, 0.05) is 23.1 Å². The third-order valence-electron chi connectivity index (χ3n) is 3.04. The molecule has 17 heavy (non-hydrogen) atoms. The Morgan fingerprint density at radius 1 is 1.59 bits per heavy atom. The van der Waals surface area contributed by atoms with E-state index in [9.17, 15) is 9.90 Å². The van der Waals surface area contributed by atoms with E-state index in [4.69, 9.17) is 0 Å². The molecule has 2 rings (SSSR count). The average Bonchev–Trinajstić information content (AvgIpc) is 2.58. The Hall–Kier alpha value is -0.710. The van der Waals surface area contributed by atoms with Crippen molar-refractivity contribution in [1.29, 1.82) is 0 Å². The van der Waals surface area contributed by atoms with Crippen LogP contribution < -0.4 is 0 Å². The van der Waals surface area contributed by atoms with Crippen molar-refractivity contribution in [1.82, 2.24) is 4.90 Å². The number of rotatable bonds is 3. The van der Waals surface area contributed by atoms with E-state index in [2.05, 4.69) is 15.9 Å². The second-order valence-electron chi connectivity index (χ2n) is 4.89. The van der Waals surface area contributed by atoms with Gasteiger partial charge in [-0.15, -0.1) is 0 Å². The fourth-order valence-corrected chi connectivity index (χ4v) is 2.53. The molecule has 1 aromatic carbocycles. The molecule has 1 aromatic rings. The quantitative estimate of drug-likeness (QED) is 0.869. The summed E-state index contributed by atoms with van der Waals surface area (Å²) in [5, 5.41) is 9.83. The molecule has 1 aliphatic heterocycles. The van der Waals surface area contributed by atoms with Gasteiger partial charge in [0.2, 0.25) is 0 Å². The van der Waals surface area contributed by atoms with Gasteiger partial charge in [-0.05, 0) is 25.5 Å². The summed E-state index contributed by atoms with van der Waals surface area (Å²) in [6.45, 7) is 3.56. The molecule has 0 aliphatic carbocycles. The maximum Gasteiger partial charge on any atom is 0.176 e. The second kappa shape index (κ2) is 4.88. The predicted octanol–water partition coefficient (Wildman–Crippen LogP) is 2.09. The van der Waals surface area contributed by atoms with Gasteiger partial charge in [-0.2, -0.15) is 0 Å². The number of halogens is 1. The number of Topliss-reactive ketones (excluding diaryl/α,β-unsaturated/α-hetero) is 1. The highest BCUT2D eigenvalue weighted by Gasteiger charge is 2.32. The van der Waals surface area contributed by atoms with Crippen LogP contribution in [0.4, 0.5) is 0 Å². The molecule has 1 saturated heterocycles. The van der Waals surface area contributed by atoms with Gasteiger partial charge in [0.15, 0.2) is 5.78 Å². The molecule has 0 amide bonds. The molecule has 0 saturated carbocycles. The van der Waals surface area contributed by atoms with Crippen LogP contribution in [0.3, 0.4) is 0 Å². The summed E-state index contributed by atoms with van der Waals surface area (Å²) >= 11 is 3.36. The number of carbonyl (C=O) groups excluding carboxylic acids is 1. The molecule has 0 bridgehead atoms. The smallest absolute Gasteiger partial charge is 0.176 e. The van der Waals surface area contributed by atoms with Gasteiger partial charge in [0.25, 0.3) is 0 Å². The highest BCUT2D eigenvalue weighted by Crippen LogP contribution is 2.20. The van der Waals surface area contributed by atoms with E-state index in [0.29, 0.717) is 18.7 Å². The number of carbonyl (C=O) groups is 1. The molecule has 1 fully saturated rings. The minimum Gasteiger partial charge on any atom is -0.389 e. The molecule has 1 N–H and O–H groups in total. The van der Waals surface area contributed by atoms with E-state index in [1.54, 1.807) is 0 Å². The molecule has 1 atom stereocenters. The average molecular weight is 298 g/mol. The Labute approximate surface area is 110 Å². The van der Waals surface area contributed by atoms with Gasteiger partial charge in [0.1, 0.15) is 0 Å². The van der Waals surface area contributed by atoms with Gasteiger partial charge >= 0.3 is 0 Å². The van der Waals surface area contributed by atoms with E-state index < -0.39 is 5.60 Å². The maximum atomic E-state index is 12.0. The minimum atomic E-state index is -0.641. The van der Waals surface area contributed by atoms with Crippen molar-refractivity contribution in [3.63, 3.8) is 0 Å². The van der Waals surface area contributed by atoms with Crippen LogP contribution in [0.2, 0.25) is 0 Å². The summed E-state index contributed by atoms with van der Waals surface area (Å²) in [5.41, 5.74) is 0.0725. The summed E-state index contributed by atoms with van der Waals surface area (Å²) in [6, 6.07) is 7.41. The number of aliphatic hydroxyl groups is 1. The number of hydrogen-bond acceptors (Lipinski definition) is 3. The van der Waals surface area contributed by atoms with Crippen molar-refractivity contribution in [2.75, 3.05) is 19.6 Å². The van der Waals surface area contributed by atoms with Gasteiger partial charge in [-0.3, -0.25) is 9.69 Å². The van der Waals surface area contributed by atoms with Crippen molar-refractivity contribution in [2.45, 2.75) is 18.9 Å².